The number of hydrogen-bond donors (Lipinski definition) is 0. The van der Waals surface area contributed by atoms with Gasteiger partial charge in [0.2, 0.25) is 0 Å². The molecule has 2 heterocycles. The normalized spacial score (nSPS) is 13.3. The van der Waals surface area contributed by atoms with E-state index in [2.05, 4.69) is 190 Å². The number of hydrogen-bond acceptors (Lipinski definition) is 3. The summed E-state index contributed by atoms with van der Waals surface area (Å²) in [6, 6.07) is 50.6. The van der Waals surface area contributed by atoms with Crippen molar-refractivity contribution in [3.63, 3.8) is 0 Å². The Morgan fingerprint density at radius 1 is 0.434 bits per heavy atom. The number of aryl methyl sites for hydroxylation is 6. The second kappa shape index (κ2) is 11.8. The number of anilines is 9. The number of rotatable bonds is 5. The minimum absolute atomic E-state index is 0.109. The smallest absolute Gasteiger partial charge is 0.252 e. The van der Waals surface area contributed by atoms with Crippen molar-refractivity contribution in [2.75, 3.05) is 14.7 Å². The molecule has 2 aliphatic carbocycles. The molecule has 11 rings (SSSR count). The average Bonchev–Trinajstić information content (AvgIpc) is 3.16. The Kier molecular flexibility index (Phi) is 7.04. The summed E-state index contributed by atoms with van der Waals surface area (Å²) < 4.78 is 0. The quantitative estimate of drug-likeness (QED) is 0.167. The molecule has 0 amide bonds. The van der Waals surface area contributed by atoms with E-state index in [1.54, 1.807) is 0 Å². The van der Waals surface area contributed by atoms with Gasteiger partial charge in [-0.05, 0) is 154 Å². The van der Waals surface area contributed by atoms with E-state index in [-0.39, 0.29) is 6.71 Å². The van der Waals surface area contributed by atoms with Gasteiger partial charge in [0, 0.05) is 45.5 Å². The zero-order valence-corrected chi connectivity index (χ0v) is 31.3. The standard InChI is InChI=1S/C49H42BN3/c1-30-7-16-37(17-8-30)51(38-18-9-31(2)10-19-38)41-28-46-49-47(29-41)53(40-22-13-33(4)14-23-40)45-27-36-26-42(35(36)6)48(45)50(49)43-25-34(5)15-24-44(43)52(46)39-20-11-32(3)12-21-39/h7-25,27-29H,26H2,1-6H3. The van der Waals surface area contributed by atoms with Gasteiger partial charge in [0.05, 0.1) is 5.69 Å². The van der Waals surface area contributed by atoms with Gasteiger partial charge in [-0.3, -0.25) is 0 Å². The van der Waals surface area contributed by atoms with Gasteiger partial charge in [-0.25, -0.2) is 0 Å². The lowest BCUT2D eigenvalue weighted by atomic mass is 9.32. The van der Waals surface area contributed by atoms with E-state index in [9.17, 15) is 0 Å². The Labute approximate surface area is 313 Å². The van der Waals surface area contributed by atoms with E-state index in [1.807, 2.05) is 0 Å². The zero-order chi connectivity index (χ0) is 36.1. The van der Waals surface area contributed by atoms with E-state index in [0.717, 1.165) is 23.5 Å². The minimum atomic E-state index is 0.109. The predicted octanol–water partition coefficient (Wildman–Crippen LogP) is 11.0. The van der Waals surface area contributed by atoms with Crippen LogP contribution >= 0.6 is 0 Å². The summed E-state index contributed by atoms with van der Waals surface area (Å²) >= 11 is 0. The highest BCUT2D eigenvalue weighted by Crippen LogP contribution is 2.50. The third-order valence-electron chi connectivity index (χ3n) is 11.8. The molecule has 53 heavy (non-hydrogen) atoms. The largest absolute Gasteiger partial charge is 0.311 e. The lowest BCUT2D eigenvalue weighted by Crippen LogP contribution is -2.63. The second-order valence-electron chi connectivity index (χ2n) is 15.5. The van der Waals surface area contributed by atoms with Crippen LogP contribution in [0.5, 0.6) is 0 Å². The zero-order valence-electron chi connectivity index (χ0n) is 31.3. The van der Waals surface area contributed by atoms with Crippen LogP contribution in [-0.4, -0.2) is 6.71 Å². The molecule has 0 saturated heterocycles. The second-order valence-corrected chi connectivity index (χ2v) is 15.5. The van der Waals surface area contributed by atoms with Gasteiger partial charge < -0.3 is 14.7 Å². The molecule has 3 nitrogen and oxygen atoms in total. The SMILES string of the molecule is Cc1ccc(N(c2ccc(C)cc2)c2cc3c4c(c2)N(c2ccc(C)cc2)c2cc5c(C)c(c2B4c2cc(C)ccc2N3c2ccc(C)cc2)C5)cc1. The highest BCUT2D eigenvalue weighted by Gasteiger charge is 2.46. The molecular weight excluding hydrogens is 641 g/mol. The van der Waals surface area contributed by atoms with Crippen LogP contribution in [-0.2, 0) is 6.42 Å². The molecule has 0 spiro atoms. The summed E-state index contributed by atoms with van der Waals surface area (Å²) in [6.45, 7) is 13.3. The van der Waals surface area contributed by atoms with E-state index < -0.39 is 0 Å². The minimum Gasteiger partial charge on any atom is -0.311 e. The molecule has 0 radical (unpaired) electrons. The van der Waals surface area contributed by atoms with Crippen molar-refractivity contribution >= 4 is 74.3 Å². The molecule has 0 atom stereocenters. The van der Waals surface area contributed by atoms with Gasteiger partial charge in [0.1, 0.15) is 0 Å². The third kappa shape index (κ3) is 4.89. The van der Waals surface area contributed by atoms with Crippen molar-refractivity contribution in [1.82, 2.24) is 0 Å². The van der Waals surface area contributed by atoms with Crippen LogP contribution in [0, 0.1) is 41.5 Å². The molecule has 0 aromatic heterocycles. The maximum Gasteiger partial charge on any atom is 0.252 e. The van der Waals surface area contributed by atoms with E-state index in [1.165, 1.54) is 95.0 Å². The van der Waals surface area contributed by atoms with Crippen molar-refractivity contribution in [2.24, 2.45) is 0 Å². The highest BCUT2D eigenvalue weighted by molar-refractivity contribution is 7.00. The highest BCUT2D eigenvalue weighted by atomic mass is 15.2. The summed E-state index contributed by atoms with van der Waals surface area (Å²) in [7, 11) is 0. The van der Waals surface area contributed by atoms with Gasteiger partial charge in [0.25, 0.3) is 6.71 Å². The van der Waals surface area contributed by atoms with Gasteiger partial charge in [-0.15, -0.1) is 0 Å². The third-order valence-corrected chi connectivity index (χ3v) is 11.8. The first-order chi connectivity index (χ1) is 25.7. The van der Waals surface area contributed by atoms with Crippen LogP contribution in [0.2, 0.25) is 0 Å². The van der Waals surface area contributed by atoms with Crippen molar-refractivity contribution in [3.05, 3.63) is 178 Å². The lowest BCUT2D eigenvalue weighted by molar-refractivity contribution is 1.03. The van der Waals surface area contributed by atoms with Crippen LogP contribution in [0.3, 0.4) is 0 Å². The lowest BCUT2D eigenvalue weighted by Gasteiger charge is -2.47. The monoisotopic (exact) mass is 683 g/mol. The van der Waals surface area contributed by atoms with E-state index in [4.69, 9.17) is 0 Å². The summed E-state index contributed by atoms with van der Waals surface area (Å²) in [6.07, 6.45) is 1.04. The first-order valence-corrected chi connectivity index (χ1v) is 18.8. The molecule has 0 saturated carbocycles. The molecule has 7 aromatic carbocycles. The van der Waals surface area contributed by atoms with E-state index in [0.29, 0.717) is 0 Å². The molecular formula is C49H42BN3. The molecule has 7 aromatic rings. The van der Waals surface area contributed by atoms with Crippen LogP contribution in [0.1, 0.15) is 44.5 Å². The van der Waals surface area contributed by atoms with Crippen LogP contribution in [0.25, 0.3) is 0 Å². The first-order valence-electron chi connectivity index (χ1n) is 18.8. The van der Waals surface area contributed by atoms with Gasteiger partial charge in [-0.2, -0.15) is 0 Å². The van der Waals surface area contributed by atoms with Crippen molar-refractivity contribution in [3.8, 4) is 0 Å². The number of fused-ring (bicyclic) bond motifs is 2. The summed E-state index contributed by atoms with van der Waals surface area (Å²) in [5.41, 5.74) is 25.7. The fraction of sp³-hybridized carbons (Fsp3) is 0.143. The fourth-order valence-corrected chi connectivity index (χ4v) is 8.91. The van der Waals surface area contributed by atoms with Gasteiger partial charge >= 0.3 is 0 Å². The molecule has 0 N–H and O–H groups in total. The van der Waals surface area contributed by atoms with Crippen LogP contribution in [0.15, 0.2) is 133 Å². The Hall–Kier alpha value is -6.00. The molecule has 256 valence electrons. The average molecular weight is 684 g/mol. The van der Waals surface area contributed by atoms with Crippen LogP contribution in [0.4, 0.5) is 51.2 Å². The molecule has 0 unspecified atom stereocenters. The van der Waals surface area contributed by atoms with Crippen molar-refractivity contribution < 1.29 is 0 Å². The van der Waals surface area contributed by atoms with Gasteiger partial charge in [-0.1, -0.05) is 88.5 Å². The maximum atomic E-state index is 2.57. The first kappa shape index (κ1) is 31.7. The topological polar surface area (TPSA) is 9.72 Å². The number of nitrogens with zero attached hydrogens (tertiary/aromatic N) is 3. The molecule has 2 bridgehead atoms. The molecule has 4 aliphatic rings. The molecule has 2 aliphatic heterocycles. The summed E-state index contributed by atoms with van der Waals surface area (Å²) in [4.78, 5) is 7.53. The maximum absolute atomic E-state index is 2.57. The van der Waals surface area contributed by atoms with Gasteiger partial charge in [0.15, 0.2) is 0 Å². The Balaban J connectivity index is 1.34. The van der Waals surface area contributed by atoms with Crippen LogP contribution < -0.4 is 31.1 Å². The molecule has 0 fully saturated rings. The Morgan fingerprint density at radius 2 is 0.887 bits per heavy atom. The Bertz CT molecular complexity index is 2520. The predicted molar refractivity (Wildman–Crippen MR) is 226 cm³/mol. The number of benzene rings is 7. The van der Waals surface area contributed by atoms with E-state index >= 15 is 0 Å². The fourth-order valence-electron chi connectivity index (χ4n) is 8.91. The summed E-state index contributed by atoms with van der Waals surface area (Å²) in [5, 5.41) is 0. The van der Waals surface area contributed by atoms with Crippen molar-refractivity contribution in [2.45, 2.75) is 48.0 Å². The Morgan fingerprint density at radius 3 is 1.40 bits per heavy atom. The van der Waals surface area contributed by atoms with Crippen molar-refractivity contribution in [1.29, 1.82) is 0 Å². The summed E-state index contributed by atoms with van der Waals surface area (Å²) in [5.74, 6) is 0. The molecule has 4 heteroatoms.